The van der Waals surface area contributed by atoms with E-state index >= 15 is 0 Å². The summed E-state index contributed by atoms with van der Waals surface area (Å²) in [6, 6.07) is 4.91. The summed E-state index contributed by atoms with van der Waals surface area (Å²) in [5, 5.41) is 22.6. The molecule has 82 valence electrons. The monoisotopic (exact) mass is 238 g/mol. The van der Waals surface area contributed by atoms with Crippen molar-refractivity contribution in [2.75, 3.05) is 0 Å². The number of aromatic amines is 1. The van der Waals surface area contributed by atoms with Gasteiger partial charge in [-0.2, -0.15) is 5.21 Å². The van der Waals surface area contributed by atoms with Crippen LogP contribution in [0.15, 0.2) is 18.2 Å². The lowest BCUT2D eigenvalue weighted by Crippen LogP contribution is -2.02. The zero-order chi connectivity index (χ0) is 11.5. The fourth-order valence-electron chi connectivity index (χ4n) is 1.37. The van der Waals surface area contributed by atoms with Crippen LogP contribution in [-0.2, 0) is 11.2 Å². The third kappa shape index (κ3) is 2.17. The second kappa shape index (κ2) is 4.28. The van der Waals surface area contributed by atoms with Gasteiger partial charge in [0.25, 0.3) is 0 Å². The topological polar surface area (TPSA) is 91.8 Å². The van der Waals surface area contributed by atoms with Gasteiger partial charge in [-0.25, -0.2) is 0 Å². The molecule has 1 aromatic carbocycles. The van der Waals surface area contributed by atoms with Crippen LogP contribution in [0.1, 0.15) is 5.56 Å². The highest BCUT2D eigenvalue weighted by Gasteiger charge is 2.12. The van der Waals surface area contributed by atoms with E-state index in [4.69, 9.17) is 16.7 Å². The van der Waals surface area contributed by atoms with Gasteiger partial charge in [-0.05, 0) is 29.0 Å². The molecule has 0 amide bonds. The van der Waals surface area contributed by atoms with Crippen molar-refractivity contribution in [1.29, 1.82) is 0 Å². The van der Waals surface area contributed by atoms with Gasteiger partial charge in [-0.1, -0.05) is 11.6 Å². The maximum absolute atomic E-state index is 10.7. The van der Waals surface area contributed by atoms with E-state index in [1.807, 2.05) is 0 Å². The predicted octanol–water partition coefficient (Wildman–Crippen LogP) is 1.15. The number of carboxylic acid groups (broad SMARTS) is 1. The highest BCUT2D eigenvalue weighted by Crippen LogP contribution is 2.23. The Labute approximate surface area is 95.3 Å². The quantitative estimate of drug-likeness (QED) is 0.837. The molecule has 7 heteroatoms. The van der Waals surface area contributed by atoms with Crippen LogP contribution in [-0.4, -0.2) is 31.7 Å². The minimum Gasteiger partial charge on any atom is -0.481 e. The average molecular weight is 239 g/mol. The molecule has 0 saturated heterocycles. The number of benzene rings is 1. The van der Waals surface area contributed by atoms with E-state index in [-0.39, 0.29) is 6.42 Å². The number of tetrazole rings is 1. The molecule has 2 aromatic rings. The number of hydrogen-bond acceptors (Lipinski definition) is 4. The molecule has 2 N–H and O–H groups in total. The van der Waals surface area contributed by atoms with E-state index < -0.39 is 5.97 Å². The Kier molecular flexibility index (Phi) is 2.82. The number of aromatic nitrogens is 4. The lowest BCUT2D eigenvalue weighted by Gasteiger charge is -2.04. The van der Waals surface area contributed by atoms with Crippen molar-refractivity contribution in [2.45, 2.75) is 6.42 Å². The third-order valence-corrected chi connectivity index (χ3v) is 2.23. The second-order valence-corrected chi connectivity index (χ2v) is 3.54. The van der Waals surface area contributed by atoms with Crippen molar-refractivity contribution in [1.82, 2.24) is 20.6 Å². The number of carboxylic acids is 1. The molecule has 6 nitrogen and oxygen atoms in total. The number of halogens is 1. The molecule has 2 rings (SSSR count). The molecular formula is C9H7ClN4O2. The van der Waals surface area contributed by atoms with Crippen LogP contribution in [0.2, 0.25) is 5.02 Å². The zero-order valence-electron chi connectivity index (χ0n) is 8.01. The molecule has 0 aliphatic heterocycles. The van der Waals surface area contributed by atoms with Gasteiger partial charge < -0.3 is 5.11 Å². The highest BCUT2D eigenvalue weighted by atomic mass is 35.5. The van der Waals surface area contributed by atoms with E-state index in [1.165, 1.54) is 0 Å². The van der Waals surface area contributed by atoms with Crippen molar-refractivity contribution in [3.63, 3.8) is 0 Å². The Bertz CT molecular complexity index is 512. The fraction of sp³-hybridized carbons (Fsp3) is 0.111. The zero-order valence-corrected chi connectivity index (χ0v) is 8.77. The van der Waals surface area contributed by atoms with Crippen LogP contribution < -0.4 is 0 Å². The number of H-pyrrole nitrogens is 1. The smallest absolute Gasteiger partial charge is 0.307 e. The highest BCUT2D eigenvalue weighted by molar-refractivity contribution is 6.30. The Hall–Kier alpha value is -1.95. The van der Waals surface area contributed by atoms with Crippen LogP contribution in [0.4, 0.5) is 0 Å². The van der Waals surface area contributed by atoms with Gasteiger partial charge in [0.15, 0.2) is 0 Å². The summed E-state index contributed by atoms with van der Waals surface area (Å²) in [5.74, 6) is -0.583. The Balaban J connectivity index is 2.48. The number of hydrogen-bond donors (Lipinski definition) is 2. The summed E-state index contributed by atoms with van der Waals surface area (Å²) in [4.78, 5) is 10.7. The molecule has 0 unspecified atom stereocenters. The normalized spacial score (nSPS) is 10.3. The van der Waals surface area contributed by atoms with Gasteiger partial charge in [0, 0.05) is 10.6 Å². The predicted molar refractivity (Wildman–Crippen MR) is 56.0 cm³/mol. The van der Waals surface area contributed by atoms with E-state index in [0.29, 0.717) is 22.0 Å². The van der Waals surface area contributed by atoms with Gasteiger partial charge in [-0.3, -0.25) is 4.79 Å². The number of nitrogens with one attached hydrogen (secondary N) is 1. The maximum atomic E-state index is 10.7. The molecule has 0 saturated carbocycles. The molecule has 1 heterocycles. The summed E-state index contributed by atoms with van der Waals surface area (Å²) in [6.45, 7) is 0. The van der Waals surface area contributed by atoms with Crippen LogP contribution in [0.5, 0.6) is 0 Å². The molecule has 0 radical (unpaired) electrons. The second-order valence-electron chi connectivity index (χ2n) is 3.11. The number of carbonyl (C=O) groups is 1. The van der Waals surface area contributed by atoms with Crippen molar-refractivity contribution < 1.29 is 9.90 Å². The van der Waals surface area contributed by atoms with Crippen molar-refractivity contribution in [2.24, 2.45) is 0 Å². The molecule has 0 fully saturated rings. The van der Waals surface area contributed by atoms with Gasteiger partial charge >= 0.3 is 5.97 Å². The largest absolute Gasteiger partial charge is 0.481 e. The summed E-state index contributed by atoms with van der Waals surface area (Å²) < 4.78 is 0. The minimum absolute atomic E-state index is 0.134. The Morgan fingerprint density at radius 2 is 2.31 bits per heavy atom. The summed E-state index contributed by atoms with van der Waals surface area (Å²) in [6.07, 6.45) is -0.134. The lowest BCUT2D eigenvalue weighted by atomic mass is 10.0. The fourth-order valence-corrected chi connectivity index (χ4v) is 1.56. The van der Waals surface area contributed by atoms with Crippen LogP contribution in [0.25, 0.3) is 11.4 Å². The van der Waals surface area contributed by atoms with Crippen LogP contribution in [0, 0.1) is 0 Å². The lowest BCUT2D eigenvalue weighted by molar-refractivity contribution is -0.136. The van der Waals surface area contributed by atoms with Crippen molar-refractivity contribution in [3.05, 3.63) is 28.8 Å². The van der Waals surface area contributed by atoms with E-state index in [0.717, 1.165) is 0 Å². The SMILES string of the molecule is O=C(O)Cc1cc(Cl)ccc1-c1nn[nH]n1. The first-order valence-electron chi connectivity index (χ1n) is 4.41. The average Bonchev–Trinajstić information content (AvgIpc) is 2.69. The van der Waals surface area contributed by atoms with Gasteiger partial charge in [-0.15, -0.1) is 10.2 Å². The summed E-state index contributed by atoms with van der Waals surface area (Å²) >= 11 is 5.80. The maximum Gasteiger partial charge on any atom is 0.307 e. The standard InChI is InChI=1S/C9H7ClN4O2/c10-6-1-2-7(9-11-13-14-12-9)5(3-6)4-8(15)16/h1-3H,4H2,(H,15,16)(H,11,12,13,14). The first-order chi connectivity index (χ1) is 7.66. The van der Waals surface area contributed by atoms with Crippen LogP contribution >= 0.6 is 11.6 Å². The van der Waals surface area contributed by atoms with Gasteiger partial charge in [0.2, 0.25) is 5.82 Å². The number of aliphatic carboxylic acids is 1. The molecule has 1 aromatic heterocycles. The van der Waals surface area contributed by atoms with Crippen molar-refractivity contribution in [3.8, 4) is 11.4 Å². The first kappa shape index (κ1) is 10.6. The van der Waals surface area contributed by atoms with E-state index in [1.54, 1.807) is 18.2 Å². The van der Waals surface area contributed by atoms with Crippen molar-refractivity contribution >= 4 is 17.6 Å². The molecule has 0 aliphatic rings. The van der Waals surface area contributed by atoms with Crippen LogP contribution in [0.3, 0.4) is 0 Å². The molecule has 0 bridgehead atoms. The summed E-state index contributed by atoms with van der Waals surface area (Å²) in [7, 11) is 0. The van der Waals surface area contributed by atoms with E-state index in [9.17, 15) is 4.79 Å². The number of nitrogens with zero attached hydrogens (tertiary/aromatic N) is 3. The summed E-state index contributed by atoms with van der Waals surface area (Å²) in [5.41, 5.74) is 1.17. The molecule has 0 atom stereocenters. The first-order valence-corrected chi connectivity index (χ1v) is 4.78. The van der Waals surface area contributed by atoms with Gasteiger partial charge in [0.05, 0.1) is 6.42 Å². The van der Waals surface area contributed by atoms with Gasteiger partial charge in [0.1, 0.15) is 0 Å². The Morgan fingerprint density at radius 3 is 2.94 bits per heavy atom. The number of rotatable bonds is 3. The molecular weight excluding hydrogens is 232 g/mol. The molecule has 0 spiro atoms. The molecule has 16 heavy (non-hydrogen) atoms. The third-order valence-electron chi connectivity index (χ3n) is 2.00. The minimum atomic E-state index is -0.938. The van der Waals surface area contributed by atoms with E-state index in [2.05, 4.69) is 20.6 Å². The molecule has 0 aliphatic carbocycles. The Morgan fingerprint density at radius 1 is 1.50 bits per heavy atom.